The first kappa shape index (κ1) is 19.1. The number of ether oxygens (including phenoxy) is 2. The molecule has 1 N–H and O–H groups in total. The van der Waals surface area contributed by atoms with Crippen LogP contribution in [0.2, 0.25) is 0 Å². The van der Waals surface area contributed by atoms with Crippen LogP contribution in [0.3, 0.4) is 0 Å². The molecule has 0 heterocycles. The normalized spacial score (nSPS) is 12.6. The number of carbonyl (C=O) groups excluding carboxylic acids is 3. The summed E-state index contributed by atoms with van der Waals surface area (Å²) < 4.78 is 10.0. The van der Waals surface area contributed by atoms with Crippen LogP contribution in [0.25, 0.3) is 0 Å². The molecule has 0 aromatic heterocycles. The summed E-state index contributed by atoms with van der Waals surface area (Å²) in [6.07, 6.45) is -1.26. The highest BCUT2D eigenvalue weighted by molar-refractivity contribution is 5.84. The molecule has 0 saturated carbocycles. The van der Waals surface area contributed by atoms with E-state index in [1.165, 1.54) is 31.2 Å². The van der Waals surface area contributed by atoms with Gasteiger partial charge in [-0.15, -0.1) is 0 Å². The van der Waals surface area contributed by atoms with Crippen molar-refractivity contribution in [1.82, 2.24) is 5.32 Å². The van der Waals surface area contributed by atoms with Gasteiger partial charge in [-0.1, -0.05) is 12.1 Å². The highest BCUT2D eigenvalue weighted by atomic mass is 16.6. The SMILES string of the molecule is CCOC(=O)[C@@H](NC(C)=O)[C@@H](OC(C)=O)c1cccc([N+](=O)[O-])c1. The monoisotopic (exact) mass is 338 g/mol. The van der Waals surface area contributed by atoms with Crippen LogP contribution in [0.15, 0.2) is 24.3 Å². The summed E-state index contributed by atoms with van der Waals surface area (Å²) >= 11 is 0. The molecule has 24 heavy (non-hydrogen) atoms. The second-order valence-electron chi connectivity index (χ2n) is 4.81. The van der Waals surface area contributed by atoms with Crippen LogP contribution in [0.5, 0.6) is 0 Å². The Morgan fingerprint density at radius 3 is 2.46 bits per heavy atom. The van der Waals surface area contributed by atoms with E-state index in [9.17, 15) is 24.5 Å². The van der Waals surface area contributed by atoms with Gasteiger partial charge in [0.2, 0.25) is 5.91 Å². The lowest BCUT2D eigenvalue weighted by Crippen LogP contribution is -2.46. The van der Waals surface area contributed by atoms with Gasteiger partial charge < -0.3 is 14.8 Å². The third-order valence-electron chi connectivity index (χ3n) is 2.90. The molecular formula is C15H18N2O7. The van der Waals surface area contributed by atoms with Crippen molar-refractivity contribution < 1.29 is 28.8 Å². The van der Waals surface area contributed by atoms with Gasteiger partial charge in [0.15, 0.2) is 12.1 Å². The molecule has 1 rings (SSSR count). The van der Waals surface area contributed by atoms with Crippen molar-refractivity contribution in [2.75, 3.05) is 6.61 Å². The molecule has 1 aromatic carbocycles. The van der Waals surface area contributed by atoms with Gasteiger partial charge in [-0.25, -0.2) is 4.79 Å². The Labute approximate surface area is 138 Å². The molecule has 0 bridgehead atoms. The van der Waals surface area contributed by atoms with Crippen molar-refractivity contribution in [3.05, 3.63) is 39.9 Å². The second-order valence-corrected chi connectivity index (χ2v) is 4.81. The number of amides is 1. The zero-order chi connectivity index (χ0) is 18.3. The molecule has 0 aliphatic carbocycles. The van der Waals surface area contributed by atoms with E-state index in [-0.39, 0.29) is 17.9 Å². The van der Waals surface area contributed by atoms with Crippen molar-refractivity contribution in [2.24, 2.45) is 0 Å². The van der Waals surface area contributed by atoms with Gasteiger partial charge in [-0.3, -0.25) is 19.7 Å². The number of rotatable bonds is 7. The Hall–Kier alpha value is -2.97. The summed E-state index contributed by atoms with van der Waals surface area (Å²) in [6.45, 7) is 3.94. The fourth-order valence-electron chi connectivity index (χ4n) is 2.03. The Morgan fingerprint density at radius 1 is 1.29 bits per heavy atom. The first-order valence-corrected chi connectivity index (χ1v) is 7.11. The molecule has 9 nitrogen and oxygen atoms in total. The summed E-state index contributed by atoms with van der Waals surface area (Å²) in [5, 5.41) is 13.3. The number of nitrogens with one attached hydrogen (secondary N) is 1. The molecule has 1 amide bonds. The second kappa shape index (κ2) is 8.61. The minimum atomic E-state index is -1.33. The van der Waals surface area contributed by atoms with Crippen LogP contribution in [-0.2, 0) is 23.9 Å². The third kappa shape index (κ3) is 5.34. The summed E-state index contributed by atoms with van der Waals surface area (Å²) in [5.74, 6) is -2.08. The maximum absolute atomic E-state index is 12.1. The van der Waals surface area contributed by atoms with Gasteiger partial charge in [0.1, 0.15) is 0 Å². The highest BCUT2D eigenvalue weighted by Gasteiger charge is 2.35. The van der Waals surface area contributed by atoms with Crippen LogP contribution in [0.4, 0.5) is 5.69 Å². The minimum Gasteiger partial charge on any atom is -0.464 e. The maximum atomic E-state index is 12.1. The third-order valence-corrected chi connectivity index (χ3v) is 2.90. The number of nitro groups is 1. The van der Waals surface area contributed by atoms with E-state index < -0.39 is 34.9 Å². The quantitative estimate of drug-likeness (QED) is 0.451. The van der Waals surface area contributed by atoms with E-state index >= 15 is 0 Å². The van der Waals surface area contributed by atoms with Gasteiger partial charge in [0, 0.05) is 31.5 Å². The lowest BCUT2D eigenvalue weighted by atomic mass is 10.0. The Kier molecular flexibility index (Phi) is 6.84. The lowest BCUT2D eigenvalue weighted by Gasteiger charge is -2.25. The van der Waals surface area contributed by atoms with Crippen LogP contribution >= 0.6 is 0 Å². The van der Waals surface area contributed by atoms with E-state index in [0.29, 0.717) is 0 Å². The molecule has 0 saturated heterocycles. The number of non-ortho nitro benzene ring substituents is 1. The van der Waals surface area contributed by atoms with E-state index in [4.69, 9.17) is 9.47 Å². The van der Waals surface area contributed by atoms with Crippen LogP contribution < -0.4 is 5.32 Å². The van der Waals surface area contributed by atoms with Crippen molar-refractivity contribution in [3.8, 4) is 0 Å². The van der Waals surface area contributed by atoms with Gasteiger partial charge in [0.05, 0.1) is 11.5 Å². The first-order valence-electron chi connectivity index (χ1n) is 7.11. The zero-order valence-electron chi connectivity index (χ0n) is 13.5. The standard InChI is InChI=1S/C15H18N2O7/c1-4-23-15(20)13(16-9(2)18)14(24-10(3)19)11-6-5-7-12(8-11)17(21)22/h5-8,13-14H,4H2,1-3H3,(H,16,18)/t13-,14-/m0/s1. The summed E-state index contributed by atoms with van der Waals surface area (Å²) in [5.41, 5.74) is -0.0544. The number of hydrogen-bond donors (Lipinski definition) is 1. The minimum absolute atomic E-state index is 0.0522. The van der Waals surface area contributed by atoms with Crippen molar-refractivity contribution >= 4 is 23.5 Å². The number of nitrogens with zero attached hydrogens (tertiary/aromatic N) is 1. The van der Waals surface area contributed by atoms with E-state index in [1.807, 2.05) is 0 Å². The van der Waals surface area contributed by atoms with Crippen LogP contribution in [-0.4, -0.2) is 35.4 Å². The average Bonchev–Trinajstić information content (AvgIpc) is 2.50. The number of nitro benzene ring substituents is 1. The maximum Gasteiger partial charge on any atom is 0.332 e. The molecule has 9 heteroatoms. The highest BCUT2D eigenvalue weighted by Crippen LogP contribution is 2.26. The summed E-state index contributed by atoms with van der Waals surface area (Å²) in [7, 11) is 0. The number of hydrogen-bond acceptors (Lipinski definition) is 7. The molecular weight excluding hydrogens is 320 g/mol. The fourth-order valence-corrected chi connectivity index (χ4v) is 2.03. The summed E-state index contributed by atoms with van der Waals surface area (Å²) in [4.78, 5) is 45.2. The van der Waals surface area contributed by atoms with Crippen LogP contribution in [0, 0.1) is 10.1 Å². The Morgan fingerprint density at radius 2 is 1.96 bits per heavy atom. The van der Waals surface area contributed by atoms with E-state index in [0.717, 1.165) is 6.92 Å². The van der Waals surface area contributed by atoms with Gasteiger partial charge >= 0.3 is 11.9 Å². The molecule has 0 unspecified atom stereocenters. The molecule has 0 fully saturated rings. The van der Waals surface area contributed by atoms with Gasteiger partial charge in [0.25, 0.3) is 5.69 Å². The first-order chi connectivity index (χ1) is 11.3. The van der Waals surface area contributed by atoms with Gasteiger partial charge in [-0.05, 0) is 6.92 Å². The molecule has 130 valence electrons. The predicted molar refractivity (Wildman–Crippen MR) is 81.8 cm³/mol. The predicted octanol–water partition coefficient (Wildman–Crippen LogP) is 1.27. The molecule has 2 atom stereocenters. The Balaban J connectivity index is 3.31. The molecule has 0 aliphatic heterocycles. The summed E-state index contributed by atoms with van der Waals surface area (Å²) in [6, 6.07) is 3.94. The number of benzene rings is 1. The molecule has 0 aliphatic rings. The number of carbonyl (C=O) groups is 3. The smallest absolute Gasteiger partial charge is 0.332 e. The van der Waals surface area contributed by atoms with Crippen molar-refractivity contribution in [3.63, 3.8) is 0 Å². The Bertz CT molecular complexity index is 644. The largest absolute Gasteiger partial charge is 0.464 e. The van der Waals surface area contributed by atoms with E-state index in [1.54, 1.807) is 6.92 Å². The van der Waals surface area contributed by atoms with Crippen molar-refractivity contribution in [2.45, 2.75) is 32.9 Å². The average molecular weight is 338 g/mol. The van der Waals surface area contributed by atoms with Crippen LogP contribution in [0.1, 0.15) is 32.4 Å². The zero-order valence-corrected chi connectivity index (χ0v) is 13.5. The molecule has 1 aromatic rings. The van der Waals surface area contributed by atoms with E-state index in [2.05, 4.69) is 5.32 Å². The topological polar surface area (TPSA) is 125 Å². The molecule has 0 radical (unpaired) electrons. The number of esters is 2. The molecule has 0 spiro atoms. The fraction of sp³-hybridized carbons (Fsp3) is 0.400. The lowest BCUT2D eigenvalue weighted by molar-refractivity contribution is -0.385. The van der Waals surface area contributed by atoms with Gasteiger partial charge in [-0.2, -0.15) is 0 Å². The van der Waals surface area contributed by atoms with Crippen molar-refractivity contribution in [1.29, 1.82) is 0 Å².